The third kappa shape index (κ3) is 2.81. The van der Waals surface area contributed by atoms with Crippen LogP contribution < -0.4 is 0 Å². The smallest absolute Gasteiger partial charge is 0.324 e. The lowest BCUT2D eigenvalue weighted by molar-refractivity contribution is 0.102. The molecule has 3 rings (SSSR count). The Morgan fingerprint density at radius 2 is 1.79 bits per heavy atom. The van der Waals surface area contributed by atoms with E-state index in [0.29, 0.717) is 6.04 Å². The van der Waals surface area contributed by atoms with Crippen molar-refractivity contribution < 1.29 is 4.79 Å². The summed E-state index contributed by atoms with van der Waals surface area (Å²) in [6.07, 6.45) is 11.2. The molecule has 0 atom stereocenters. The normalized spacial score (nSPS) is 22.6. The number of imidazole rings is 1. The lowest BCUT2D eigenvalue weighted by Gasteiger charge is -2.40. The average molecular weight is 262 g/mol. The number of piperidine rings is 2. The molecule has 5 nitrogen and oxygen atoms in total. The topological polar surface area (TPSA) is 41.4 Å². The van der Waals surface area contributed by atoms with Crippen molar-refractivity contribution in [2.24, 2.45) is 0 Å². The van der Waals surface area contributed by atoms with Crippen LogP contribution in [0.2, 0.25) is 0 Å². The Kier molecular flexibility index (Phi) is 3.82. The number of carbonyl (C=O) groups is 1. The fourth-order valence-electron chi connectivity index (χ4n) is 3.24. The van der Waals surface area contributed by atoms with Crippen LogP contribution in [0.4, 0.5) is 4.79 Å². The molecule has 1 aromatic rings. The summed E-state index contributed by atoms with van der Waals surface area (Å²) in [5, 5.41) is 0. The Balaban J connectivity index is 1.53. The van der Waals surface area contributed by atoms with E-state index in [2.05, 4.69) is 9.88 Å². The highest BCUT2D eigenvalue weighted by atomic mass is 16.2. The fraction of sp³-hybridized carbons (Fsp3) is 0.714. The molecular formula is C14H22N4O. The van der Waals surface area contributed by atoms with Crippen molar-refractivity contribution in [1.82, 2.24) is 19.4 Å². The Labute approximate surface area is 114 Å². The number of likely N-dealkylation sites (tertiary alicyclic amines) is 2. The largest absolute Gasteiger partial charge is 0.329 e. The summed E-state index contributed by atoms with van der Waals surface area (Å²) < 4.78 is 1.57. The lowest BCUT2D eigenvalue weighted by Crippen LogP contribution is -2.48. The zero-order valence-corrected chi connectivity index (χ0v) is 11.4. The van der Waals surface area contributed by atoms with Gasteiger partial charge in [-0.05, 0) is 38.8 Å². The van der Waals surface area contributed by atoms with E-state index in [4.69, 9.17) is 0 Å². The number of rotatable bonds is 1. The molecule has 1 aromatic heterocycles. The Bertz CT molecular complexity index is 403. The predicted octanol–water partition coefficient (Wildman–Crippen LogP) is 1.80. The fourth-order valence-corrected chi connectivity index (χ4v) is 3.24. The van der Waals surface area contributed by atoms with Crippen molar-refractivity contribution >= 4 is 6.03 Å². The van der Waals surface area contributed by atoms with Crippen LogP contribution in [0.15, 0.2) is 18.7 Å². The second-order valence-electron chi connectivity index (χ2n) is 5.57. The zero-order valence-electron chi connectivity index (χ0n) is 11.4. The minimum Gasteiger partial charge on any atom is -0.324 e. The Morgan fingerprint density at radius 1 is 1.05 bits per heavy atom. The summed E-state index contributed by atoms with van der Waals surface area (Å²) in [6, 6.07) is 0.752. The summed E-state index contributed by atoms with van der Waals surface area (Å²) in [7, 11) is 0. The van der Waals surface area contributed by atoms with Crippen molar-refractivity contribution in [2.75, 3.05) is 26.2 Å². The van der Waals surface area contributed by atoms with Crippen LogP contribution in [-0.4, -0.2) is 57.6 Å². The van der Waals surface area contributed by atoms with Crippen LogP contribution in [0.3, 0.4) is 0 Å². The van der Waals surface area contributed by atoms with E-state index in [1.165, 1.54) is 32.4 Å². The summed E-state index contributed by atoms with van der Waals surface area (Å²) in [4.78, 5) is 20.7. The number of amides is 1. The highest BCUT2D eigenvalue weighted by Crippen LogP contribution is 2.21. The van der Waals surface area contributed by atoms with E-state index in [9.17, 15) is 4.79 Å². The maximum Gasteiger partial charge on any atom is 0.329 e. The average Bonchev–Trinajstić information content (AvgIpc) is 3.02. The molecule has 3 heterocycles. The molecule has 0 aromatic carbocycles. The van der Waals surface area contributed by atoms with Gasteiger partial charge in [0.2, 0.25) is 0 Å². The number of nitrogens with zero attached hydrogens (tertiary/aromatic N) is 4. The summed E-state index contributed by atoms with van der Waals surface area (Å²) >= 11 is 0. The van der Waals surface area contributed by atoms with Crippen LogP contribution in [0, 0.1) is 0 Å². The van der Waals surface area contributed by atoms with Crippen molar-refractivity contribution in [3.63, 3.8) is 0 Å². The van der Waals surface area contributed by atoms with E-state index in [1.54, 1.807) is 23.3 Å². The molecule has 2 saturated heterocycles. The van der Waals surface area contributed by atoms with Gasteiger partial charge in [0.15, 0.2) is 0 Å². The van der Waals surface area contributed by atoms with Gasteiger partial charge in [-0.2, -0.15) is 0 Å². The van der Waals surface area contributed by atoms with Gasteiger partial charge in [0.25, 0.3) is 0 Å². The number of aromatic nitrogens is 2. The molecule has 0 N–H and O–H groups in total. The van der Waals surface area contributed by atoms with Gasteiger partial charge in [-0.15, -0.1) is 0 Å². The molecule has 19 heavy (non-hydrogen) atoms. The van der Waals surface area contributed by atoms with Crippen molar-refractivity contribution in [3.8, 4) is 0 Å². The molecule has 0 radical (unpaired) electrons. The molecule has 0 unspecified atom stereocenters. The molecule has 5 heteroatoms. The minimum absolute atomic E-state index is 0.0644. The summed E-state index contributed by atoms with van der Waals surface area (Å²) in [5.41, 5.74) is 0. The number of hydrogen-bond acceptors (Lipinski definition) is 3. The maximum atomic E-state index is 12.2. The first-order chi connectivity index (χ1) is 9.34. The van der Waals surface area contributed by atoms with Crippen molar-refractivity contribution in [1.29, 1.82) is 0 Å². The highest BCUT2D eigenvalue weighted by Gasteiger charge is 2.27. The van der Waals surface area contributed by atoms with E-state index in [1.807, 2.05) is 4.90 Å². The van der Waals surface area contributed by atoms with Gasteiger partial charge in [0.1, 0.15) is 6.33 Å². The monoisotopic (exact) mass is 262 g/mol. The molecule has 0 bridgehead atoms. The second kappa shape index (κ2) is 5.74. The highest BCUT2D eigenvalue weighted by molar-refractivity contribution is 5.76. The quantitative estimate of drug-likeness (QED) is 0.775. The van der Waals surface area contributed by atoms with Crippen LogP contribution in [0.5, 0.6) is 0 Å². The molecule has 104 valence electrons. The van der Waals surface area contributed by atoms with Gasteiger partial charge in [-0.3, -0.25) is 4.57 Å². The molecular weight excluding hydrogens is 240 g/mol. The van der Waals surface area contributed by atoms with Gasteiger partial charge in [-0.25, -0.2) is 9.78 Å². The molecule has 2 aliphatic rings. The van der Waals surface area contributed by atoms with E-state index < -0.39 is 0 Å². The molecule has 0 aliphatic carbocycles. The third-order valence-electron chi connectivity index (χ3n) is 4.37. The first-order valence-electron chi connectivity index (χ1n) is 7.36. The van der Waals surface area contributed by atoms with Crippen molar-refractivity contribution in [3.05, 3.63) is 18.7 Å². The van der Waals surface area contributed by atoms with E-state index in [-0.39, 0.29) is 6.03 Å². The third-order valence-corrected chi connectivity index (χ3v) is 4.37. The van der Waals surface area contributed by atoms with Crippen LogP contribution in [-0.2, 0) is 0 Å². The van der Waals surface area contributed by atoms with Crippen molar-refractivity contribution in [2.45, 2.75) is 38.1 Å². The van der Waals surface area contributed by atoms with E-state index >= 15 is 0 Å². The lowest BCUT2D eigenvalue weighted by atomic mass is 10.0. The first-order valence-corrected chi connectivity index (χ1v) is 7.36. The van der Waals surface area contributed by atoms with Crippen LogP contribution in [0.1, 0.15) is 32.1 Å². The molecule has 1 amide bonds. The Hall–Kier alpha value is -1.36. The first kappa shape index (κ1) is 12.7. The zero-order chi connectivity index (χ0) is 13.1. The van der Waals surface area contributed by atoms with Gasteiger partial charge >= 0.3 is 6.03 Å². The van der Waals surface area contributed by atoms with Gasteiger partial charge in [0, 0.05) is 31.5 Å². The van der Waals surface area contributed by atoms with E-state index in [0.717, 1.165) is 25.9 Å². The summed E-state index contributed by atoms with van der Waals surface area (Å²) in [6.45, 7) is 4.25. The molecule has 2 fully saturated rings. The standard InChI is InChI=1S/C14H22N4O/c19-14(18-11-6-15-12-18)17-9-4-13(5-10-17)16-7-2-1-3-8-16/h6,11-13H,1-5,7-10H2. The molecule has 2 aliphatic heterocycles. The Morgan fingerprint density at radius 3 is 2.42 bits per heavy atom. The van der Waals surface area contributed by atoms with Gasteiger partial charge in [0.05, 0.1) is 0 Å². The van der Waals surface area contributed by atoms with Gasteiger partial charge in [-0.1, -0.05) is 6.42 Å². The summed E-state index contributed by atoms with van der Waals surface area (Å²) in [5.74, 6) is 0. The molecule has 0 saturated carbocycles. The van der Waals surface area contributed by atoms with Crippen LogP contribution >= 0.6 is 0 Å². The predicted molar refractivity (Wildman–Crippen MR) is 73.0 cm³/mol. The number of carbonyl (C=O) groups excluding carboxylic acids is 1. The second-order valence-corrected chi connectivity index (χ2v) is 5.57. The van der Waals surface area contributed by atoms with Crippen LogP contribution in [0.25, 0.3) is 0 Å². The molecule has 0 spiro atoms. The SMILES string of the molecule is O=C(N1CCC(N2CCCCC2)CC1)n1ccnc1. The number of hydrogen-bond donors (Lipinski definition) is 0. The maximum absolute atomic E-state index is 12.2. The van der Waals surface area contributed by atoms with Gasteiger partial charge < -0.3 is 9.80 Å². The minimum atomic E-state index is 0.0644.